The van der Waals surface area contributed by atoms with Crippen molar-refractivity contribution in [3.63, 3.8) is 0 Å². The van der Waals surface area contributed by atoms with Crippen molar-refractivity contribution in [2.24, 2.45) is 5.73 Å². The molecule has 2 aromatic carbocycles. The molecule has 2 rings (SSSR count). The summed E-state index contributed by atoms with van der Waals surface area (Å²) in [6, 6.07) is 9.98. The average Bonchev–Trinajstić information content (AvgIpc) is 2.76. The number of nitrogens with one attached hydrogen (secondary N) is 3. The zero-order valence-electron chi connectivity index (χ0n) is 17.6. The van der Waals surface area contributed by atoms with E-state index in [9.17, 15) is 19.5 Å². The Balaban J connectivity index is 0.00000512. The van der Waals surface area contributed by atoms with E-state index < -0.39 is 17.6 Å². The summed E-state index contributed by atoms with van der Waals surface area (Å²) in [6.07, 6.45) is 2.70. The highest BCUT2D eigenvalue weighted by atomic mass is 35.5. The molecule has 9 nitrogen and oxygen atoms in total. The summed E-state index contributed by atoms with van der Waals surface area (Å²) in [5, 5.41) is 27.3. The van der Waals surface area contributed by atoms with E-state index >= 15 is 0 Å². The molecule has 0 aromatic heterocycles. The van der Waals surface area contributed by atoms with Gasteiger partial charge in [-0.25, -0.2) is 4.79 Å². The van der Waals surface area contributed by atoms with E-state index in [-0.39, 0.29) is 35.1 Å². The van der Waals surface area contributed by atoms with Gasteiger partial charge >= 0.3 is 5.97 Å². The summed E-state index contributed by atoms with van der Waals surface area (Å²) in [5.74, 6) is -2.47. The Morgan fingerprint density at radius 2 is 1.53 bits per heavy atom. The van der Waals surface area contributed by atoms with E-state index in [0.717, 1.165) is 38.4 Å². The van der Waals surface area contributed by atoms with Crippen LogP contribution in [-0.2, 0) is 0 Å². The second-order valence-corrected chi connectivity index (χ2v) is 6.93. The topological polar surface area (TPSA) is 154 Å². The number of carboxylic acids is 1. The number of aromatic hydroxyl groups is 1. The second-order valence-electron chi connectivity index (χ2n) is 6.93. The highest BCUT2D eigenvalue weighted by molar-refractivity contribution is 6.06. The van der Waals surface area contributed by atoms with Gasteiger partial charge in [0.2, 0.25) is 0 Å². The third-order valence-electron chi connectivity index (χ3n) is 4.50. The largest absolute Gasteiger partial charge is 0.507 e. The number of carbonyl (C=O) groups excluding carboxylic acids is 2. The van der Waals surface area contributed by atoms with Crippen molar-refractivity contribution in [1.82, 2.24) is 10.6 Å². The van der Waals surface area contributed by atoms with Crippen molar-refractivity contribution < 1.29 is 24.6 Å². The summed E-state index contributed by atoms with van der Waals surface area (Å²) >= 11 is 0. The molecule has 2 amide bonds. The van der Waals surface area contributed by atoms with Gasteiger partial charge in [0.25, 0.3) is 11.8 Å². The molecule has 0 heterocycles. The van der Waals surface area contributed by atoms with Gasteiger partial charge in [0.15, 0.2) is 0 Å². The number of phenols is 1. The predicted octanol–water partition coefficient (Wildman–Crippen LogP) is 2.21. The lowest BCUT2D eigenvalue weighted by Crippen LogP contribution is -2.26. The van der Waals surface area contributed by atoms with Crippen LogP contribution < -0.4 is 21.7 Å². The van der Waals surface area contributed by atoms with Gasteiger partial charge in [-0.3, -0.25) is 9.59 Å². The first-order valence-corrected chi connectivity index (χ1v) is 10.1. The fourth-order valence-electron chi connectivity index (χ4n) is 2.82. The molecular weight excluding hydrogens is 436 g/mol. The number of benzene rings is 2. The standard InChI is InChI=1S/C22H28N4O5.ClH/c23-9-4-11-24-10-1-2-12-25-20(28)15-5-3-6-16(13-15)21(29)26-17-7-8-19(27)18(14-17)22(30)31;/h3,5-8,13-14,24,27H,1-2,4,9-12,23H2,(H,25,28)(H,26,29)(H,30,31);1H. The zero-order valence-corrected chi connectivity index (χ0v) is 18.4. The molecule has 0 bridgehead atoms. The van der Waals surface area contributed by atoms with E-state index in [4.69, 9.17) is 10.8 Å². The number of aromatic carboxylic acids is 1. The fraction of sp³-hybridized carbons (Fsp3) is 0.318. The van der Waals surface area contributed by atoms with Gasteiger partial charge in [0.1, 0.15) is 11.3 Å². The highest BCUT2D eigenvalue weighted by Gasteiger charge is 2.14. The van der Waals surface area contributed by atoms with Crippen LogP contribution >= 0.6 is 12.4 Å². The Morgan fingerprint density at radius 3 is 2.22 bits per heavy atom. The molecule has 0 radical (unpaired) electrons. The van der Waals surface area contributed by atoms with Crippen LogP contribution in [0.4, 0.5) is 5.69 Å². The van der Waals surface area contributed by atoms with Crippen LogP contribution in [0.15, 0.2) is 42.5 Å². The molecule has 7 N–H and O–H groups in total. The SMILES string of the molecule is Cl.NCCCNCCCCNC(=O)c1cccc(C(=O)Nc2ccc(O)c(C(=O)O)c2)c1. The third kappa shape index (κ3) is 8.54. The number of unbranched alkanes of at least 4 members (excludes halogenated alkanes) is 1. The molecule has 0 saturated carbocycles. The summed E-state index contributed by atoms with van der Waals surface area (Å²) in [4.78, 5) is 35.9. The summed E-state index contributed by atoms with van der Waals surface area (Å²) in [6.45, 7) is 2.95. The number of hydrogen-bond acceptors (Lipinski definition) is 6. The number of amides is 2. The normalized spacial score (nSPS) is 10.2. The van der Waals surface area contributed by atoms with E-state index in [1.54, 1.807) is 18.2 Å². The summed E-state index contributed by atoms with van der Waals surface area (Å²) in [5.41, 5.74) is 5.93. The highest BCUT2D eigenvalue weighted by Crippen LogP contribution is 2.22. The molecular formula is C22H29ClN4O5. The second kappa shape index (κ2) is 14.0. The van der Waals surface area contributed by atoms with Crippen LogP contribution in [0.3, 0.4) is 0 Å². The van der Waals surface area contributed by atoms with Crippen molar-refractivity contribution in [3.05, 3.63) is 59.2 Å². The lowest BCUT2D eigenvalue weighted by molar-refractivity contribution is 0.0693. The van der Waals surface area contributed by atoms with Crippen LogP contribution in [0, 0.1) is 0 Å². The molecule has 32 heavy (non-hydrogen) atoms. The molecule has 2 aromatic rings. The first kappa shape index (κ1) is 26.9. The first-order chi connectivity index (χ1) is 14.9. The van der Waals surface area contributed by atoms with Gasteiger partial charge < -0.3 is 31.9 Å². The minimum atomic E-state index is -1.31. The first-order valence-electron chi connectivity index (χ1n) is 10.1. The average molecular weight is 465 g/mol. The van der Waals surface area contributed by atoms with Gasteiger partial charge in [0.05, 0.1) is 0 Å². The maximum Gasteiger partial charge on any atom is 0.339 e. The molecule has 0 spiro atoms. The number of anilines is 1. The number of hydrogen-bond donors (Lipinski definition) is 6. The van der Waals surface area contributed by atoms with Crippen molar-refractivity contribution in [2.75, 3.05) is 31.5 Å². The Labute approximate surface area is 192 Å². The molecule has 0 fully saturated rings. The Morgan fingerprint density at radius 1 is 0.875 bits per heavy atom. The van der Waals surface area contributed by atoms with E-state index in [1.165, 1.54) is 18.2 Å². The fourth-order valence-corrected chi connectivity index (χ4v) is 2.82. The Bertz CT molecular complexity index is 923. The number of halogens is 1. The molecule has 0 unspecified atom stereocenters. The lowest BCUT2D eigenvalue weighted by Gasteiger charge is -2.09. The molecule has 0 aliphatic heterocycles. The van der Waals surface area contributed by atoms with Gasteiger partial charge in [-0.05, 0) is 75.3 Å². The van der Waals surface area contributed by atoms with E-state index in [2.05, 4.69) is 16.0 Å². The predicted molar refractivity (Wildman–Crippen MR) is 125 cm³/mol. The number of carboxylic acid groups (broad SMARTS) is 1. The third-order valence-corrected chi connectivity index (χ3v) is 4.50. The molecule has 0 saturated heterocycles. The monoisotopic (exact) mass is 464 g/mol. The Kier molecular flexibility index (Phi) is 11.8. The molecule has 10 heteroatoms. The molecule has 0 atom stereocenters. The number of carbonyl (C=O) groups is 3. The van der Waals surface area contributed by atoms with Crippen molar-refractivity contribution >= 4 is 35.9 Å². The van der Waals surface area contributed by atoms with Crippen LogP contribution in [-0.4, -0.2) is 54.2 Å². The zero-order chi connectivity index (χ0) is 22.6. The van der Waals surface area contributed by atoms with Crippen molar-refractivity contribution in [2.45, 2.75) is 19.3 Å². The number of nitrogens with two attached hydrogens (primary N) is 1. The van der Waals surface area contributed by atoms with Gasteiger partial charge in [-0.1, -0.05) is 6.07 Å². The minimum Gasteiger partial charge on any atom is -0.507 e. The maximum atomic E-state index is 12.5. The van der Waals surface area contributed by atoms with Crippen LogP contribution in [0.25, 0.3) is 0 Å². The minimum absolute atomic E-state index is 0. The van der Waals surface area contributed by atoms with E-state index in [1.807, 2.05) is 0 Å². The lowest BCUT2D eigenvalue weighted by atomic mass is 10.1. The molecule has 174 valence electrons. The van der Waals surface area contributed by atoms with Crippen LogP contribution in [0.2, 0.25) is 0 Å². The van der Waals surface area contributed by atoms with E-state index in [0.29, 0.717) is 18.7 Å². The quantitative estimate of drug-likeness (QED) is 0.208. The maximum absolute atomic E-state index is 12.5. The van der Waals surface area contributed by atoms with Gasteiger partial charge in [0, 0.05) is 23.4 Å². The Hall–Kier alpha value is -3.14. The number of rotatable bonds is 12. The van der Waals surface area contributed by atoms with Gasteiger partial charge in [-0.15, -0.1) is 12.4 Å². The van der Waals surface area contributed by atoms with Gasteiger partial charge in [-0.2, -0.15) is 0 Å². The van der Waals surface area contributed by atoms with Crippen molar-refractivity contribution in [1.29, 1.82) is 0 Å². The van der Waals surface area contributed by atoms with Crippen LogP contribution in [0.5, 0.6) is 5.75 Å². The van der Waals surface area contributed by atoms with Crippen LogP contribution in [0.1, 0.15) is 50.3 Å². The molecule has 0 aliphatic rings. The van der Waals surface area contributed by atoms with Crippen molar-refractivity contribution in [3.8, 4) is 5.75 Å². The molecule has 0 aliphatic carbocycles. The summed E-state index contributed by atoms with van der Waals surface area (Å²) < 4.78 is 0. The summed E-state index contributed by atoms with van der Waals surface area (Å²) in [7, 11) is 0. The smallest absolute Gasteiger partial charge is 0.339 e.